The Balaban J connectivity index is 2.91. The molecule has 1 aromatic rings. The van der Waals surface area contributed by atoms with Gasteiger partial charge in [0.2, 0.25) is 0 Å². The van der Waals surface area contributed by atoms with E-state index in [0.717, 1.165) is 18.2 Å². The van der Waals surface area contributed by atoms with E-state index in [4.69, 9.17) is 5.73 Å². The number of carbonyl (C=O) groups excluding carboxylic acids is 1. The van der Waals surface area contributed by atoms with E-state index >= 15 is 0 Å². The molecule has 0 aliphatic heterocycles. The lowest BCUT2D eigenvalue weighted by atomic mass is 9.84. The molecule has 0 aliphatic rings. The Morgan fingerprint density at radius 2 is 2.00 bits per heavy atom. The van der Waals surface area contributed by atoms with Crippen molar-refractivity contribution in [1.82, 2.24) is 5.32 Å². The Bertz CT molecular complexity index is 455. The summed E-state index contributed by atoms with van der Waals surface area (Å²) in [7, 11) is 0. The largest absolute Gasteiger partial charge is 0.349 e. The van der Waals surface area contributed by atoms with Crippen molar-refractivity contribution in [1.29, 1.82) is 0 Å². The smallest absolute Gasteiger partial charge is 0.254 e. The first kappa shape index (κ1) is 15.6. The first-order valence-corrected chi connectivity index (χ1v) is 6.21. The molecule has 0 saturated heterocycles. The maximum Gasteiger partial charge on any atom is 0.254 e. The van der Waals surface area contributed by atoms with Crippen molar-refractivity contribution in [2.24, 2.45) is 11.1 Å². The van der Waals surface area contributed by atoms with Gasteiger partial charge in [0.15, 0.2) is 0 Å². The Labute approximate surface area is 112 Å². The lowest BCUT2D eigenvalue weighted by molar-refractivity contribution is 0.0894. The van der Waals surface area contributed by atoms with Crippen LogP contribution in [0.3, 0.4) is 0 Å². The molecule has 0 heterocycles. The standard InChI is InChI=1S/C14H20F2N2O/c1-14(2,3)12(6-7-17)18-13(19)10-8-9(15)4-5-11(10)16/h4-5,8,12H,6-7,17H2,1-3H3,(H,18,19). The van der Waals surface area contributed by atoms with Gasteiger partial charge in [0.1, 0.15) is 11.6 Å². The van der Waals surface area contributed by atoms with Gasteiger partial charge in [-0.2, -0.15) is 0 Å². The fraction of sp³-hybridized carbons (Fsp3) is 0.500. The van der Waals surface area contributed by atoms with Crippen LogP contribution in [-0.2, 0) is 0 Å². The van der Waals surface area contributed by atoms with Gasteiger partial charge in [-0.15, -0.1) is 0 Å². The van der Waals surface area contributed by atoms with E-state index in [0.29, 0.717) is 13.0 Å². The van der Waals surface area contributed by atoms with Gasteiger partial charge in [0, 0.05) is 6.04 Å². The first-order valence-electron chi connectivity index (χ1n) is 6.21. The van der Waals surface area contributed by atoms with Crippen molar-refractivity contribution < 1.29 is 13.6 Å². The topological polar surface area (TPSA) is 55.1 Å². The number of halogens is 2. The van der Waals surface area contributed by atoms with Gasteiger partial charge in [-0.25, -0.2) is 8.78 Å². The van der Waals surface area contributed by atoms with E-state index in [-0.39, 0.29) is 17.0 Å². The van der Waals surface area contributed by atoms with E-state index in [1.807, 2.05) is 20.8 Å². The van der Waals surface area contributed by atoms with Crippen LogP contribution in [0.5, 0.6) is 0 Å². The molecule has 19 heavy (non-hydrogen) atoms. The second kappa shape index (κ2) is 6.10. The molecule has 5 heteroatoms. The highest BCUT2D eigenvalue weighted by molar-refractivity contribution is 5.94. The van der Waals surface area contributed by atoms with E-state index in [1.165, 1.54) is 0 Å². The number of nitrogens with one attached hydrogen (secondary N) is 1. The summed E-state index contributed by atoms with van der Waals surface area (Å²) < 4.78 is 26.6. The molecule has 0 aliphatic carbocycles. The highest BCUT2D eigenvalue weighted by atomic mass is 19.1. The second-order valence-electron chi connectivity index (χ2n) is 5.59. The molecule has 0 spiro atoms. The maximum absolute atomic E-state index is 13.5. The Morgan fingerprint density at radius 3 is 2.53 bits per heavy atom. The summed E-state index contributed by atoms with van der Waals surface area (Å²) in [4.78, 5) is 12.0. The molecular formula is C14H20F2N2O. The molecule has 106 valence electrons. The molecule has 3 nitrogen and oxygen atoms in total. The lowest BCUT2D eigenvalue weighted by Crippen LogP contribution is -2.45. The zero-order valence-electron chi connectivity index (χ0n) is 11.5. The summed E-state index contributed by atoms with van der Waals surface area (Å²) in [5, 5.41) is 2.72. The maximum atomic E-state index is 13.5. The van der Waals surface area contributed by atoms with Crippen molar-refractivity contribution in [3.05, 3.63) is 35.4 Å². The zero-order valence-corrected chi connectivity index (χ0v) is 11.5. The van der Waals surface area contributed by atoms with Crippen LogP contribution in [0.2, 0.25) is 0 Å². The number of hydrogen-bond donors (Lipinski definition) is 2. The van der Waals surface area contributed by atoms with Crippen LogP contribution in [0, 0.1) is 17.0 Å². The molecule has 0 bridgehead atoms. The average Bonchev–Trinajstić information content (AvgIpc) is 2.30. The van der Waals surface area contributed by atoms with Crippen LogP contribution in [0.1, 0.15) is 37.6 Å². The minimum absolute atomic E-state index is 0.201. The average molecular weight is 270 g/mol. The van der Waals surface area contributed by atoms with E-state index in [9.17, 15) is 13.6 Å². The lowest BCUT2D eigenvalue weighted by Gasteiger charge is -2.31. The highest BCUT2D eigenvalue weighted by Crippen LogP contribution is 2.22. The van der Waals surface area contributed by atoms with Gasteiger partial charge >= 0.3 is 0 Å². The van der Waals surface area contributed by atoms with Crippen molar-refractivity contribution >= 4 is 5.91 Å². The van der Waals surface area contributed by atoms with Crippen LogP contribution in [0.4, 0.5) is 8.78 Å². The summed E-state index contributed by atoms with van der Waals surface area (Å²) >= 11 is 0. The van der Waals surface area contributed by atoms with Gasteiger partial charge in [-0.3, -0.25) is 4.79 Å². The molecular weight excluding hydrogens is 250 g/mol. The number of hydrogen-bond acceptors (Lipinski definition) is 2. The molecule has 1 aromatic carbocycles. The van der Waals surface area contributed by atoms with E-state index < -0.39 is 17.5 Å². The fourth-order valence-electron chi connectivity index (χ4n) is 1.80. The van der Waals surface area contributed by atoms with Gasteiger partial charge in [0.05, 0.1) is 5.56 Å². The van der Waals surface area contributed by atoms with Crippen molar-refractivity contribution in [2.45, 2.75) is 33.2 Å². The third-order valence-corrected chi connectivity index (χ3v) is 2.98. The van der Waals surface area contributed by atoms with Crippen molar-refractivity contribution in [2.75, 3.05) is 6.54 Å². The highest BCUT2D eigenvalue weighted by Gasteiger charge is 2.26. The summed E-state index contributed by atoms with van der Waals surface area (Å²) in [5.74, 6) is -2.00. The number of amides is 1. The Kier molecular flexibility index (Phi) is 5.00. The minimum atomic E-state index is -0.737. The molecule has 1 amide bonds. The molecule has 1 atom stereocenters. The van der Waals surface area contributed by atoms with Crippen LogP contribution in [0.25, 0.3) is 0 Å². The number of benzene rings is 1. The van der Waals surface area contributed by atoms with Gasteiger partial charge in [-0.05, 0) is 36.6 Å². The molecule has 1 rings (SSSR count). The van der Waals surface area contributed by atoms with Gasteiger partial charge < -0.3 is 11.1 Å². The quantitative estimate of drug-likeness (QED) is 0.883. The zero-order chi connectivity index (χ0) is 14.6. The van der Waals surface area contributed by atoms with Crippen LogP contribution in [0.15, 0.2) is 18.2 Å². The normalized spacial score (nSPS) is 13.2. The predicted molar refractivity (Wildman–Crippen MR) is 70.7 cm³/mol. The SMILES string of the molecule is CC(C)(C)C(CCN)NC(=O)c1cc(F)ccc1F. The first-order chi connectivity index (χ1) is 8.75. The van der Waals surface area contributed by atoms with Gasteiger partial charge in [-0.1, -0.05) is 20.8 Å². The molecule has 1 unspecified atom stereocenters. The molecule has 0 fully saturated rings. The van der Waals surface area contributed by atoms with E-state index in [1.54, 1.807) is 0 Å². The molecule has 3 N–H and O–H groups in total. The molecule has 0 radical (unpaired) electrons. The van der Waals surface area contributed by atoms with Crippen LogP contribution in [-0.4, -0.2) is 18.5 Å². The van der Waals surface area contributed by atoms with Crippen LogP contribution < -0.4 is 11.1 Å². The summed E-state index contributed by atoms with van der Waals surface area (Å²) in [6.07, 6.45) is 0.576. The molecule has 0 saturated carbocycles. The van der Waals surface area contributed by atoms with Crippen molar-refractivity contribution in [3.63, 3.8) is 0 Å². The second-order valence-corrected chi connectivity index (χ2v) is 5.59. The van der Waals surface area contributed by atoms with Crippen LogP contribution >= 0.6 is 0 Å². The van der Waals surface area contributed by atoms with Gasteiger partial charge in [0.25, 0.3) is 5.91 Å². The third kappa shape index (κ3) is 4.28. The minimum Gasteiger partial charge on any atom is -0.349 e. The number of carbonyl (C=O) groups is 1. The molecule has 0 aromatic heterocycles. The van der Waals surface area contributed by atoms with E-state index in [2.05, 4.69) is 5.32 Å². The Hall–Kier alpha value is -1.49. The fourth-order valence-corrected chi connectivity index (χ4v) is 1.80. The van der Waals surface area contributed by atoms with Crippen molar-refractivity contribution in [3.8, 4) is 0 Å². The summed E-state index contributed by atoms with van der Waals surface area (Å²) in [6, 6.07) is 2.62. The third-order valence-electron chi connectivity index (χ3n) is 2.98. The summed E-state index contributed by atoms with van der Waals surface area (Å²) in [5.41, 5.74) is 5.01. The summed E-state index contributed by atoms with van der Waals surface area (Å²) in [6.45, 7) is 6.27. The Morgan fingerprint density at radius 1 is 1.37 bits per heavy atom. The number of nitrogens with two attached hydrogens (primary N) is 1. The predicted octanol–water partition coefficient (Wildman–Crippen LogP) is 2.46. The monoisotopic (exact) mass is 270 g/mol. The number of rotatable bonds is 4.